The van der Waals surface area contributed by atoms with Crippen LogP contribution in [-0.4, -0.2) is 28.7 Å². The van der Waals surface area contributed by atoms with Crippen molar-refractivity contribution in [1.29, 1.82) is 0 Å². The van der Waals surface area contributed by atoms with Gasteiger partial charge in [0.15, 0.2) is 0 Å². The third-order valence-electron chi connectivity index (χ3n) is 6.18. The van der Waals surface area contributed by atoms with Crippen LogP contribution in [0.2, 0.25) is 0 Å². The molecule has 1 aromatic carbocycles. The van der Waals surface area contributed by atoms with Gasteiger partial charge in [0.1, 0.15) is 0 Å². The van der Waals surface area contributed by atoms with Gasteiger partial charge >= 0.3 is 5.97 Å². The number of unbranched alkanes of at least 4 members (excludes halogenated alkanes) is 4. The first-order chi connectivity index (χ1) is 14.9. The van der Waals surface area contributed by atoms with Crippen molar-refractivity contribution in [3.05, 3.63) is 47.5 Å². The van der Waals surface area contributed by atoms with Crippen LogP contribution in [0.3, 0.4) is 0 Å². The summed E-state index contributed by atoms with van der Waals surface area (Å²) in [6.45, 7) is 5.98. The van der Waals surface area contributed by atoms with Crippen molar-refractivity contribution in [3.8, 4) is 0 Å². The van der Waals surface area contributed by atoms with Crippen molar-refractivity contribution in [2.75, 3.05) is 0 Å². The molecule has 1 saturated carbocycles. The van der Waals surface area contributed by atoms with Gasteiger partial charge in [0.05, 0.1) is 12.2 Å². The standard InChI is InChI=1S/C27H41ClO3/c1-4-5-6-9-12-21-15-17-22(18-16-21)27-23(24(28)19-25(27)29)13-10-7-8-11-14-26(30)31-20(2)3/h7,10,15-18,20,23-25,27,29H,4-6,8-9,11-14,19H2,1-3H3/b10-7-/t23-,24-,25+,27+/m0/s1. The van der Waals surface area contributed by atoms with Crippen LogP contribution in [0.25, 0.3) is 0 Å². The molecular formula is C27H41ClO3. The Labute approximate surface area is 194 Å². The zero-order valence-electron chi connectivity index (χ0n) is 19.6. The molecule has 1 N–H and O–H groups in total. The van der Waals surface area contributed by atoms with Gasteiger partial charge in [0, 0.05) is 17.7 Å². The van der Waals surface area contributed by atoms with E-state index in [9.17, 15) is 9.90 Å². The summed E-state index contributed by atoms with van der Waals surface area (Å²) >= 11 is 6.62. The van der Waals surface area contributed by atoms with E-state index in [0.29, 0.717) is 12.8 Å². The summed E-state index contributed by atoms with van der Waals surface area (Å²) in [5, 5.41) is 10.7. The number of alkyl halides is 1. The van der Waals surface area contributed by atoms with Gasteiger partial charge in [-0.15, -0.1) is 11.6 Å². The Morgan fingerprint density at radius 2 is 1.90 bits per heavy atom. The highest BCUT2D eigenvalue weighted by Gasteiger charge is 2.41. The van der Waals surface area contributed by atoms with Gasteiger partial charge in [-0.3, -0.25) is 4.79 Å². The molecule has 0 unspecified atom stereocenters. The van der Waals surface area contributed by atoms with Crippen LogP contribution in [-0.2, 0) is 16.0 Å². The second-order valence-electron chi connectivity index (χ2n) is 9.20. The van der Waals surface area contributed by atoms with E-state index in [2.05, 4.69) is 43.3 Å². The van der Waals surface area contributed by atoms with E-state index >= 15 is 0 Å². The molecule has 0 spiro atoms. The summed E-state index contributed by atoms with van der Waals surface area (Å²) in [7, 11) is 0. The van der Waals surface area contributed by atoms with Gasteiger partial charge in [-0.25, -0.2) is 0 Å². The number of aryl methyl sites for hydroxylation is 1. The molecule has 2 rings (SSSR count). The number of aliphatic hydroxyl groups excluding tert-OH is 1. The number of hydrogen-bond acceptors (Lipinski definition) is 3. The zero-order chi connectivity index (χ0) is 22.6. The lowest BCUT2D eigenvalue weighted by Gasteiger charge is -2.23. The summed E-state index contributed by atoms with van der Waals surface area (Å²) < 4.78 is 5.16. The summed E-state index contributed by atoms with van der Waals surface area (Å²) in [6, 6.07) is 8.82. The van der Waals surface area contributed by atoms with Crippen LogP contribution in [0.15, 0.2) is 36.4 Å². The van der Waals surface area contributed by atoms with Crippen molar-refractivity contribution >= 4 is 17.6 Å². The van der Waals surface area contributed by atoms with Gasteiger partial charge in [0.25, 0.3) is 0 Å². The van der Waals surface area contributed by atoms with Crippen LogP contribution in [0, 0.1) is 5.92 Å². The molecule has 31 heavy (non-hydrogen) atoms. The average Bonchev–Trinajstić information content (AvgIpc) is 3.01. The highest BCUT2D eigenvalue weighted by atomic mass is 35.5. The van der Waals surface area contributed by atoms with Crippen molar-refractivity contribution in [3.63, 3.8) is 0 Å². The first-order valence-electron chi connectivity index (χ1n) is 12.2. The first kappa shape index (κ1) is 25.9. The van der Waals surface area contributed by atoms with Gasteiger partial charge in [0.2, 0.25) is 0 Å². The van der Waals surface area contributed by atoms with E-state index in [1.54, 1.807) is 0 Å². The van der Waals surface area contributed by atoms with Gasteiger partial charge in [-0.2, -0.15) is 0 Å². The number of rotatable bonds is 13. The molecule has 1 aliphatic carbocycles. The van der Waals surface area contributed by atoms with E-state index in [1.165, 1.54) is 36.8 Å². The Kier molecular flexibility index (Phi) is 11.7. The fraction of sp³-hybridized carbons (Fsp3) is 0.667. The minimum atomic E-state index is -0.387. The molecule has 1 fully saturated rings. The topological polar surface area (TPSA) is 46.5 Å². The van der Waals surface area contributed by atoms with Crippen LogP contribution in [0.5, 0.6) is 0 Å². The number of carbonyl (C=O) groups is 1. The zero-order valence-corrected chi connectivity index (χ0v) is 20.3. The number of allylic oxidation sites excluding steroid dienone is 2. The molecule has 1 aliphatic rings. The van der Waals surface area contributed by atoms with E-state index < -0.39 is 0 Å². The first-order valence-corrected chi connectivity index (χ1v) is 12.6. The maximum atomic E-state index is 11.6. The highest BCUT2D eigenvalue weighted by Crippen LogP contribution is 2.44. The summed E-state index contributed by atoms with van der Waals surface area (Å²) in [6.07, 6.45) is 13.7. The quantitative estimate of drug-likeness (QED) is 0.154. The largest absolute Gasteiger partial charge is 0.463 e. The van der Waals surface area contributed by atoms with Crippen LogP contribution >= 0.6 is 11.6 Å². The number of carbonyl (C=O) groups excluding carboxylic acids is 1. The molecule has 3 nitrogen and oxygen atoms in total. The lowest BCUT2D eigenvalue weighted by molar-refractivity contribution is -0.147. The molecule has 0 aromatic heterocycles. The minimum absolute atomic E-state index is 0.0145. The third-order valence-corrected chi connectivity index (χ3v) is 6.69. The Morgan fingerprint density at radius 1 is 1.16 bits per heavy atom. The van der Waals surface area contributed by atoms with Crippen molar-refractivity contribution in [1.82, 2.24) is 0 Å². The fourth-order valence-corrected chi connectivity index (χ4v) is 4.99. The Balaban J connectivity index is 1.84. The predicted octanol–water partition coefficient (Wildman–Crippen LogP) is 6.95. The number of ether oxygens (including phenoxy) is 1. The summed E-state index contributed by atoms with van der Waals surface area (Å²) in [4.78, 5) is 11.6. The van der Waals surface area contributed by atoms with E-state index in [0.717, 1.165) is 25.7 Å². The highest BCUT2D eigenvalue weighted by molar-refractivity contribution is 6.21. The molecule has 4 heteroatoms. The number of halogens is 1. The van der Waals surface area contributed by atoms with Crippen LogP contribution in [0.4, 0.5) is 0 Å². The van der Waals surface area contributed by atoms with E-state index in [-0.39, 0.29) is 35.4 Å². The molecule has 0 saturated heterocycles. The normalized spacial score (nSPS) is 23.7. The minimum Gasteiger partial charge on any atom is -0.463 e. The Bertz CT molecular complexity index is 668. The maximum Gasteiger partial charge on any atom is 0.306 e. The lowest BCUT2D eigenvalue weighted by Crippen LogP contribution is -2.18. The van der Waals surface area contributed by atoms with Gasteiger partial charge in [-0.1, -0.05) is 62.6 Å². The molecule has 174 valence electrons. The van der Waals surface area contributed by atoms with Crippen molar-refractivity contribution in [2.45, 2.75) is 108 Å². The molecule has 0 radical (unpaired) electrons. The molecule has 0 bridgehead atoms. The van der Waals surface area contributed by atoms with E-state index in [4.69, 9.17) is 16.3 Å². The van der Waals surface area contributed by atoms with Crippen molar-refractivity contribution in [2.24, 2.45) is 5.92 Å². The number of aliphatic hydroxyl groups is 1. The van der Waals surface area contributed by atoms with Gasteiger partial charge in [-0.05, 0) is 69.4 Å². The monoisotopic (exact) mass is 448 g/mol. The number of hydrogen-bond donors (Lipinski definition) is 1. The van der Waals surface area contributed by atoms with E-state index in [1.807, 2.05) is 13.8 Å². The molecule has 0 heterocycles. The second-order valence-corrected chi connectivity index (χ2v) is 9.76. The molecule has 0 aliphatic heterocycles. The molecular weight excluding hydrogens is 408 g/mol. The average molecular weight is 449 g/mol. The Hall–Kier alpha value is -1.32. The predicted molar refractivity (Wildman–Crippen MR) is 130 cm³/mol. The van der Waals surface area contributed by atoms with Crippen LogP contribution < -0.4 is 0 Å². The van der Waals surface area contributed by atoms with Crippen LogP contribution in [0.1, 0.15) is 95.6 Å². The third kappa shape index (κ3) is 8.98. The van der Waals surface area contributed by atoms with Crippen molar-refractivity contribution < 1.29 is 14.6 Å². The summed E-state index contributed by atoms with van der Waals surface area (Å²) in [5.41, 5.74) is 2.57. The maximum absolute atomic E-state index is 11.6. The summed E-state index contributed by atoms with van der Waals surface area (Å²) in [5.74, 6) is 0.188. The molecule has 1 aromatic rings. The smallest absolute Gasteiger partial charge is 0.306 e. The number of esters is 1. The number of benzene rings is 1. The molecule has 4 atom stereocenters. The second kappa shape index (κ2) is 14.0. The molecule has 0 amide bonds. The Morgan fingerprint density at radius 3 is 2.58 bits per heavy atom. The SMILES string of the molecule is CCCCCCc1ccc([C@@H]2[C@@H](C/C=C\CCCC(=O)OC(C)C)[C@@H](Cl)C[C@H]2O)cc1. The fourth-order valence-electron chi connectivity index (χ4n) is 4.55. The van der Waals surface area contributed by atoms with Gasteiger partial charge < -0.3 is 9.84 Å². The lowest BCUT2D eigenvalue weighted by atomic mass is 9.85.